The number of nitrogens with two attached hydrogens (primary N) is 1. The maximum Gasteiger partial charge on any atom is 0.241 e. The molecule has 21 heavy (non-hydrogen) atoms. The van der Waals surface area contributed by atoms with Crippen LogP contribution in [0.25, 0.3) is 0 Å². The minimum Gasteiger partial charge on any atom is -0.398 e. The van der Waals surface area contributed by atoms with Crippen molar-refractivity contribution in [3.8, 4) is 0 Å². The van der Waals surface area contributed by atoms with Crippen molar-refractivity contribution in [3.05, 3.63) is 23.8 Å². The Hall–Kier alpha value is -1.55. The number of nitrogens with zero attached hydrogens (tertiary/aromatic N) is 1. The molecular weight excluding hydrogens is 262 g/mol. The Labute approximate surface area is 128 Å². The lowest BCUT2D eigenvalue weighted by molar-refractivity contribution is -0.120. The van der Waals surface area contributed by atoms with Gasteiger partial charge in [0.2, 0.25) is 5.91 Å². The van der Waals surface area contributed by atoms with Gasteiger partial charge in [0, 0.05) is 11.4 Å². The highest BCUT2D eigenvalue weighted by molar-refractivity contribution is 5.95. The van der Waals surface area contributed by atoms with Crippen molar-refractivity contribution in [3.63, 3.8) is 0 Å². The topological polar surface area (TPSA) is 58.4 Å². The molecule has 1 unspecified atom stereocenters. The van der Waals surface area contributed by atoms with Crippen molar-refractivity contribution in [2.75, 3.05) is 24.1 Å². The van der Waals surface area contributed by atoms with Gasteiger partial charge in [-0.25, -0.2) is 0 Å². The molecule has 1 atom stereocenters. The number of rotatable bonds is 8. The first kappa shape index (κ1) is 17.5. The number of carbonyl (C=O) groups is 1. The van der Waals surface area contributed by atoms with Crippen LogP contribution in [0, 0.1) is 0 Å². The third kappa shape index (κ3) is 5.05. The van der Waals surface area contributed by atoms with Crippen molar-refractivity contribution < 1.29 is 4.79 Å². The molecule has 1 aromatic carbocycles. The fourth-order valence-electron chi connectivity index (χ4n) is 2.48. The van der Waals surface area contributed by atoms with E-state index in [0.717, 1.165) is 49.3 Å². The summed E-state index contributed by atoms with van der Waals surface area (Å²) < 4.78 is 0. The summed E-state index contributed by atoms with van der Waals surface area (Å²) in [6, 6.07) is 5.61. The molecule has 118 valence electrons. The van der Waals surface area contributed by atoms with Crippen LogP contribution < -0.4 is 11.1 Å². The number of benzene rings is 1. The maximum absolute atomic E-state index is 12.4. The van der Waals surface area contributed by atoms with Gasteiger partial charge in [-0.15, -0.1) is 0 Å². The Bertz CT molecular complexity index is 453. The van der Waals surface area contributed by atoms with Crippen LogP contribution in [-0.4, -0.2) is 29.9 Å². The highest BCUT2D eigenvalue weighted by Gasteiger charge is 2.20. The van der Waals surface area contributed by atoms with Crippen molar-refractivity contribution in [1.29, 1.82) is 0 Å². The van der Waals surface area contributed by atoms with E-state index in [9.17, 15) is 4.79 Å². The molecule has 0 aliphatic carbocycles. The second-order valence-corrected chi connectivity index (χ2v) is 5.47. The molecule has 0 aromatic heterocycles. The highest BCUT2D eigenvalue weighted by atomic mass is 16.2. The molecule has 3 N–H and O–H groups in total. The van der Waals surface area contributed by atoms with Crippen molar-refractivity contribution in [1.82, 2.24) is 4.90 Å². The van der Waals surface area contributed by atoms with E-state index in [1.165, 1.54) is 0 Å². The third-order valence-corrected chi connectivity index (χ3v) is 3.74. The molecule has 4 heteroatoms. The first-order valence-corrected chi connectivity index (χ1v) is 7.96. The molecule has 0 saturated carbocycles. The molecule has 0 heterocycles. The van der Waals surface area contributed by atoms with Crippen LogP contribution >= 0.6 is 0 Å². The quantitative estimate of drug-likeness (QED) is 0.723. The molecule has 1 aromatic rings. The zero-order valence-electron chi connectivity index (χ0n) is 13.8. The molecule has 0 fully saturated rings. The Balaban J connectivity index is 2.72. The molecule has 0 aliphatic heterocycles. The third-order valence-electron chi connectivity index (χ3n) is 3.74. The van der Waals surface area contributed by atoms with Gasteiger partial charge < -0.3 is 11.1 Å². The van der Waals surface area contributed by atoms with E-state index >= 15 is 0 Å². The molecule has 0 radical (unpaired) electrons. The smallest absolute Gasteiger partial charge is 0.241 e. The lowest BCUT2D eigenvalue weighted by Crippen LogP contribution is -2.42. The Morgan fingerprint density at radius 1 is 1.24 bits per heavy atom. The van der Waals surface area contributed by atoms with Gasteiger partial charge in [-0.1, -0.05) is 26.8 Å². The number of aryl methyl sites for hydroxylation is 1. The number of nitrogens with one attached hydrogen (secondary N) is 1. The van der Waals surface area contributed by atoms with E-state index in [-0.39, 0.29) is 11.9 Å². The van der Waals surface area contributed by atoms with Crippen LogP contribution in [0.3, 0.4) is 0 Å². The van der Waals surface area contributed by atoms with Crippen LogP contribution in [0.4, 0.5) is 11.4 Å². The van der Waals surface area contributed by atoms with Crippen molar-refractivity contribution >= 4 is 17.3 Å². The Kier molecular flexibility index (Phi) is 7.23. The number of hydrogen-bond acceptors (Lipinski definition) is 3. The van der Waals surface area contributed by atoms with Gasteiger partial charge in [0.25, 0.3) is 0 Å². The second kappa shape index (κ2) is 8.67. The lowest BCUT2D eigenvalue weighted by atomic mass is 10.1. The van der Waals surface area contributed by atoms with E-state index in [0.29, 0.717) is 0 Å². The van der Waals surface area contributed by atoms with E-state index in [4.69, 9.17) is 5.73 Å². The first-order valence-electron chi connectivity index (χ1n) is 7.96. The predicted molar refractivity (Wildman–Crippen MR) is 90.5 cm³/mol. The van der Waals surface area contributed by atoms with Gasteiger partial charge in [-0.2, -0.15) is 0 Å². The molecule has 1 rings (SSSR count). The largest absolute Gasteiger partial charge is 0.398 e. The van der Waals surface area contributed by atoms with E-state index in [1.54, 1.807) is 0 Å². The summed E-state index contributed by atoms with van der Waals surface area (Å²) in [5.41, 5.74) is 8.60. The number of amides is 1. The number of anilines is 2. The lowest BCUT2D eigenvalue weighted by Gasteiger charge is -2.27. The minimum atomic E-state index is -0.128. The first-order chi connectivity index (χ1) is 10.0. The summed E-state index contributed by atoms with van der Waals surface area (Å²) in [5.74, 6) is 0.0283. The summed E-state index contributed by atoms with van der Waals surface area (Å²) >= 11 is 0. The van der Waals surface area contributed by atoms with Gasteiger partial charge in [-0.05, 0) is 57.0 Å². The molecule has 0 spiro atoms. The zero-order chi connectivity index (χ0) is 15.8. The highest BCUT2D eigenvalue weighted by Crippen LogP contribution is 2.19. The SMILES string of the molecule is CCCN(CCC)C(C)C(=O)Nc1ccc(CC)c(N)c1. The molecule has 1 amide bonds. The molecular formula is C17H29N3O. The fraction of sp³-hybridized carbons (Fsp3) is 0.588. The average Bonchev–Trinajstić information content (AvgIpc) is 2.46. The van der Waals surface area contributed by atoms with Crippen LogP contribution in [0.1, 0.15) is 46.1 Å². The second-order valence-electron chi connectivity index (χ2n) is 5.47. The Morgan fingerprint density at radius 3 is 2.33 bits per heavy atom. The van der Waals surface area contributed by atoms with E-state index in [2.05, 4.69) is 31.0 Å². The number of nitrogen functional groups attached to an aromatic ring is 1. The predicted octanol–water partition coefficient (Wildman–Crippen LogP) is 3.28. The zero-order valence-corrected chi connectivity index (χ0v) is 13.8. The monoisotopic (exact) mass is 291 g/mol. The average molecular weight is 291 g/mol. The summed E-state index contributed by atoms with van der Waals surface area (Å²) in [5, 5.41) is 2.97. The van der Waals surface area contributed by atoms with E-state index < -0.39 is 0 Å². The molecule has 0 bridgehead atoms. The van der Waals surface area contributed by atoms with Gasteiger partial charge in [-0.3, -0.25) is 9.69 Å². The van der Waals surface area contributed by atoms with Crippen LogP contribution in [0.15, 0.2) is 18.2 Å². The van der Waals surface area contributed by atoms with Gasteiger partial charge in [0.1, 0.15) is 0 Å². The van der Waals surface area contributed by atoms with Gasteiger partial charge in [0.05, 0.1) is 6.04 Å². The normalized spacial score (nSPS) is 12.4. The minimum absolute atomic E-state index is 0.0283. The van der Waals surface area contributed by atoms with Gasteiger partial charge >= 0.3 is 0 Å². The molecule has 0 aliphatic rings. The standard InChI is InChI=1S/C17H29N3O/c1-5-10-20(11-6-2)13(4)17(21)19-15-9-8-14(7-3)16(18)12-15/h8-9,12-13H,5-7,10-11,18H2,1-4H3,(H,19,21). The molecule has 0 saturated heterocycles. The van der Waals surface area contributed by atoms with Crippen LogP contribution in [-0.2, 0) is 11.2 Å². The van der Waals surface area contributed by atoms with Crippen molar-refractivity contribution in [2.45, 2.75) is 53.0 Å². The fourth-order valence-corrected chi connectivity index (χ4v) is 2.48. The Morgan fingerprint density at radius 2 is 1.86 bits per heavy atom. The number of carbonyl (C=O) groups excluding carboxylic acids is 1. The van der Waals surface area contributed by atoms with Crippen LogP contribution in [0.5, 0.6) is 0 Å². The summed E-state index contributed by atoms with van der Waals surface area (Å²) in [6.07, 6.45) is 3.00. The summed E-state index contributed by atoms with van der Waals surface area (Å²) in [4.78, 5) is 14.6. The summed E-state index contributed by atoms with van der Waals surface area (Å²) in [6.45, 7) is 10.2. The van der Waals surface area contributed by atoms with Crippen LogP contribution in [0.2, 0.25) is 0 Å². The van der Waals surface area contributed by atoms with Gasteiger partial charge in [0.15, 0.2) is 0 Å². The molecule has 4 nitrogen and oxygen atoms in total. The summed E-state index contributed by atoms with van der Waals surface area (Å²) in [7, 11) is 0. The maximum atomic E-state index is 12.4. The van der Waals surface area contributed by atoms with Crippen molar-refractivity contribution in [2.24, 2.45) is 0 Å². The van der Waals surface area contributed by atoms with E-state index in [1.807, 2.05) is 25.1 Å². The number of hydrogen-bond donors (Lipinski definition) is 2.